The number of hydrogen-bond donors (Lipinski definition) is 1. The molecule has 2 aromatic heterocycles. The lowest BCUT2D eigenvalue weighted by Crippen LogP contribution is -2.40. The predicted octanol–water partition coefficient (Wildman–Crippen LogP) is 5.28. The van der Waals surface area contributed by atoms with Crippen LogP contribution in [0, 0.1) is 12.8 Å². The van der Waals surface area contributed by atoms with Crippen LogP contribution < -0.4 is 15.0 Å². The van der Waals surface area contributed by atoms with E-state index in [0.717, 1.165) is 57.7 Å². The van der Waals surface area contributed by atoms with E-state index in [-0.39, 0.29) is 11.8 Å². The SMILES string of the molecule is COc1ccc(-c2cn3nc(N4CCCC(C(=O)Nc5cccc(Cl)c5C)C4)sc3n2)cc1. The van der Waals surface area contributed by atoms with Crippen molar-refractivity contribution in [2.75, 3.05) is 30.4 Å². The van der Waals surface area contributed by atoms with Gasteiger partial charge in [0.1, 0.15) is 5.75 Å². The molecule has 9 heteroatoms. The summed E-state index contributed by atoms with van der Waals surface area (Å²) in [6.07, 6.45) is 3.73. The summed E-state index contributed by atoms with van der Waals surface area (Å²) in [7, 11) is 1.65. The molecule has 2 aromatic carbocycles. The van der Waals surface area contributed by atoms with Crippen molar-refractivity contribution in [1.29, 1.82) is 0 Å². The summed E-state index contributed by atoms with van der Waals surface area (Å²) in [6.45, 7) is 3.42. The smallest absolute Gasteiger partial charge is 0.229 e. The highest BCUT2D eigenvalue weighted by atomic mass is 35.5. The number of aromatic nitrogens is 3. The van der Waals surface area contributed by atoms with Crippen molar-refractivity contribution in [2.45, 2.75) is 19.8 Å². The van der Waals surface area contributed by atoms with E-state index in [4.69, 9.17) is 26.4 Å². The Morgan fingerprint density at radius 1 is 1.24 bits per heavy atom. The van der Waals surface area contributed by atoms with Crippen LogP contribution in [-0.2, 0) is 4.79 Å². The molecule has 0 aliphatic carbocycles. The summed E-state index contributed by atoms with van der Waals surface area (Å²) < 4.78 is 7.04. The number of benzene rings is 2. The second-order valence-corrected chi connectivity index (χ2v) is 9.49. The normalized spacial score (nSPS) is 16.2. The number of hydrogen-bond acceptors (Lipinski definition) is 6. The Kier molecular flexibility index (Phi) is 5.95. The zero-order valence-electron chi connectivity index (χ0n) is 18.4. The zero-order valence-corrected chi connectivity index (χ0v) is 20.0. The number of nitrogens with one attached hydrogen (secondary N) is 1. The highest BCUT2D eigenvalue weighted by molar-refractivity contribution is 7.20. The van der Waals surface area contributed by atoms with Gasteiger partial charge in [-0.2, -0.15) is 0 Å². The number of rotatable bonds is 5. The van der Waals surface area contributed by atoms with Crippen molar-refractivity contribution in [3.05, 3.63) is 59.2 Å². The average Bonchev–Trinajstić information content (AvgIpc) is 3.42. The molecule has 5 rings (SSSR count). The fourth-order valence-electron chi connectivity index (χ4n) is 4.06. The van der Waals surface area contributed by atoms with E-state index in [0.29, 0.717) is 11.6 Å². The van der Waals surface area contributed by atoms with E-state index in [9.17, 15) is 4.79 Å². The third-order valence-corrected chi connectivity index (χ3v) is 7.40. The molecule has 1 aliphatic rings. The first kappa shape index (κ1) is 21.7. The van der Waals surface area contributed by atoms with Crippen LogP contribution in [0.1, 0.15) is 18.4 Å². The van der Waals surface area contributed by atoms with Gasteiger partial charge in [0.25, 0.3) is 0 Å². The molecule has 1 fully saturated rings. The summed E-state index contributed by atoms with van der Waals surface area (Å²) in [5.41, 5.74) is 3.54. The van der Waals surface area contributed by atoms with Crippen LogP contribution in [0.5, 0.6) is 5.75 Å². The lowest BCUT2D eigenvalue weighted by molar-refractivity contribution is -0.120. The van der Waals surface area contributed by atoms with Gasteiger partial charge in [-0.05, 0) is 61.7 Å². The van der Waals surface area contributed by atoms with Gasteiger partial charge in [0.05, 0.1) is 24.9 Å². The van der Waals surface area contributed by atoms with Crippen LogP contribution in [-0.4, -0.2) is 40.7 Å². The highest BCUT2D eigenvalue weighted by Gasteiger charge is 2.28. The van der Waals surface area contributed by atoms with Crippen LogP contribution in [0.25, 0.3) is 16.2 Å². The number of amides is 1. The van der Waals surface area contributed by atoms with Crippen LogP contribution in [0.4, 0.5) is 10.8 Å². The number of fused-ring (bicyclic) bond motifs is 1. The third kappa shape index (κ3) is 4.41. The Balaban J connectivity index is 1.29. The van der Waals surface area contributed by atoms with E-state index in [1.54, 1.807) is 18.4 Å². The van der Waals surface area contributed by atoms with E-state index in [1.807, 2.05) is 60.1 Å². The number of halogens is 1. The van der Waals surface area contributed by atoms with Crippen molar-refractivity contribution in [1.82, 2.24) is 14.6 Å². The van der Waals surface area contributed by atoms with Crippen LogP contribution in [0.2, 0.25) is 5.02 Å². The molecular weight excluding hydrogens is 458 g/mol. The minimum atomic E-state index is -0.108. The number of imidazole rings is 1. The summed E-state index contributed by atoms with van der Waals surface area (Å²) in [4.78, 5) is 20.7. The van der Waals surface area contributed by atoms with Crippen LogP contribution in [0.3, 0.4) is 0 Å². The third-order valence-electron chi connectivity index (χ3n) is 6.01. The second-order valence-electron chi connectivity index (χ2n) is 8.15. The lowest BCUT2D eigenvalue weighted by Gasteiger charge is -2.31. The topological polar surface area (TPSA) is 71.8 Å². The Bertz CT molecular complexity index is 1270. The maximum absolute atomic E-state index is 13.0. The molecule has 7 nitrogen and oxygen atoms in total. The van der Waals surface area contributed by atoms with Crippen molar-refractivity contribution in [2.24, 2.45) is 5.92 Å². The first-order valence-electron chi connectivity index (χ1n) is 10.8. The molecule has 1 amide bonds. The maximum atomic E-state index is 13.0. The molecule has 1 unspecified atom stereocenters. The van der Waals surface area contributed by atoms with Gasteiger partial charge in [-0.1, -0.05) is 29.0 Å². The van der Waals surface area contributed by atoms with E-state index < -0.39 is 0 Å². The van der Waals surface area contributed by atoms with Crippen LogP contribution >= 0.6 is 22.9 Å². The molecule has 0 saturated carbocycles. The van der Waals surface area contributed by atoms with Crippen LogP contribution in [0.15, 0.2) is 48.7 Å². The Morgan fingerprint density at radius 3 is 2.82 bits per heavy atom. The van der Waals surface area contributed by atoms with Gasteiger partial charge in [0, 0.05) is 29.4 Å². The predicted molar refractivity (Wildman–Crippen MR) is 133 cm³/mol. The molecule has 4 aromatic rings. The molecular formula is C24H24ClN5O2S. The minimum Gasteiger partial charge on any atom is -0.497 e. The number of methoxy groups -OCH3 is 1. The number of nitrogens with zero attached hydrogens (tertiary/aromatic N) is 4. The molecule has 1 saturated heterocycles. The number of carbonyl (C=O) groups is 1. The summed E-state index contributed by atoms with van der Waals surface area (Å²) in [5.74, 6) is 0.728. The molecule has 1 aliphatic heterocycles. The Morgan fingerprint density at radius 2 is 2.06 bits per heavy atom. The fraction of sp³-hybridized carbons (Fsp3) is 0.292. The van der Waals surface area contributed by atoms with Gasteiger partial charge in [0.2, 0.25) is 16.0 Å². The fourth-order valence-corrected chi connectivity index (χ4v) is 5.15. The largest absolute Gasteiger partial charge is 0.497 e. The summed E-state index contributed by atoms with van der Waals surface area (Å²) >= 11 is 7.74. The first-order valence-corrected chi connectivity index (χ1v) is 12.0. The number of anilines is 2. The molecule has 1 N–H and O–H groups in total. The molecule has 33 heavy (non-hydrogen) atoms. The van der Waals surface area contributed by atoms with E-state index >= 15 is 0 Å². The average molecular weight is 482 g/mol. The number of carbonyl (C=O) groups excluding carboxylic acids is 1. The van der Waals surface area contributed by atoms with Gasteiger partial charge in [0.15, 0.2) is 0 Å². The van der Waals surface area contributed by atoms with Crippen molar-refractivity contribution in [3.8, 4) is 17.0 Å². The van der Waals surface area contributed by atoms with Gasteiger partial charge < -0.3 is 15.0 Å². The van der Waals surface area contributed by atoms with E-state index in [2.05, 4.69) is 10.2 Å². The number of ether oxygens (including phenoxy) is 1. The molecule has 0 radical (unpaired) electrons. The molecule has 0 bridgehead atoms. The monoisotopic (exact) mass is 481 g/mol. The first-order chi connectivity index (χ1) is 16.0. The molecule has 0 spiro atoms. The molecule has 3 heterocycles. The lowest BCUT2D eigenvalue weighted by atomic mass is 9.97. The highest BCUT2D eigenvalue weighted by Crippen LogP contribution is 2.31. The zero-order chi connectivity index (χ0) is 22.9. The standard InChI is InChI=1S/C24H24ClN5O2S/c1-15-19(25)6-3-7-20(15)26-22(31)17-5-4-12-29(13-17)24-28-30-14-21(27-23(30)33-24)16-8-10-18(32-2)11-9-16/h3,6-11,14,17H,4-5,12-13H2,1-2H3,(H,26,31). The van der Waals surface area contributed by atoms with Crippen molar-refractivity contribution >= 4 is 44.6 Å². The second kappa shape index (κ2) is 9.03. The van der Waals surface area contributed by atoms with Crippen molar-refractivity contribution in [3.63, 3.8) is 0 Å². The van der Waals surface area contributed by atoms with E-state index in [1.165, 1.54) is 0 Å². The summed E-state index contributed by atoms with van der Waals surface area (Å²) in [6, 6.07) is 13.4. The minimum absolute atomic E-state index is 0.0215. The quantitative estimate of drug-likeness (QED) is 0.419. The maximum Gasteiger partial charge on any atom is 0.229 e. The molecule has 170 valence electrons. The van der Waals surface area contributed by atoms with Gasteiger partial charge in [-0.15, -0.1) is 5.10 Å². The molecule has 1 atom stereocenters. The van der Waals surface area contributed by atoms with Gasteiger partial charge in [-0.3, -0.25) is 4.79 Å². The van der Waals surface area contributed by atoms with Crippen molar-refractivity contribution < 1.29 is 9.53 Å². The Hall–Kier alpha value is -3.10. The van der Waals surface area contributed by atoms with Gasteiger partial charge in [-0.25, -0.2) is 9.50 Å². The Labute approximate surface area is 201 Å². The summed E-state index contributed by atoms with van der Waals surface area (Å²) in [5, 5.41) is 9.33. The number of piperidine rings is 1. The van der Waals surface area contributed by atoms with Gasteiger partial charge >= 0.3 is 0 Å².